The fourth-order valence-corrected chi connectivity index (χ4v) is 1.33. The third kappa shape index (κ3) is 7.58. The lowest BCUT2D eigenvalue weighted by Gasteiger charge is -2.17. The number of rotatable bonds is 7. The van der Waals surface area contributed by atoms with Crippen molar-refractivity contribution in [2.24, 2.45) is 0 Å². The summed E-state index contributed by atoms with van der Waals surface area (Å²) in [5, 5.41) is 12.0. The zero-order valence-electron chi connectivity index (χ0n) is 12.4. The molecule has 0 aromatic heterocycles. The number of allylic oxidation sites excluding steroid dienone is 4. The summed E-state index contributed by atoms with van der Waals surface area (Å²) < 4.78 is 18.2. The van der Waals surface area contributed by atoms with Crippen LogP contribution < -0.4 is 5.23 Å². The predicted octanol–water partition coefficient (Wildman–Crippen LogP) is 2.44. The molecule has 0 bridgehead atoms. The highest BCUT2D eigenvalue weighted by Gasteiger charge is 2.20. The third-order valence-corrected chi connectivity index (χ3v) is 2.15. The molecular weight excluding hydrogens is 260 g/mol. The van der Waals surface area contributed by atoms with Crippen molar-refractivity contribution in [3.8, 4) is 0 Å². The smallest absolute Gasteiger partial charge is 0.444 e. The van der Waals surface area contributed by atoms with Gasteiger partial charge in [-0.1, -0.05) is 30.8 Å². The zero-order valence-corrected chi connectivity index (χ0v) is 12.4. The minimum absolute atomic E-state index is 0.0530. The van der Waals surface area contributed by atoms with Crippen molar-refractivity contribution in [1.29, 1.82) is 0 Å². The largest absolute Gasteiger partial charge is 0.463 e. The highest BCUT2D eigenvalue weighted by atomic mass is 19.2. The molecule has 4 nitrogen and oxygen atoms in total. The molecule has 0 saturated heterocycles. The molecular formula is C14H21BFNO3. The van der Waals surface area contributed by atoms with Crippen molar-refractivity contribution in [3.63, 3.8) is 0 Å². The van der Waals surface area contributed by atoms with Crippen LogP contribution in [0.25, 0.3) is 0 Å². The molecule has 110 valence electrons. The molecule has 0 unspecified atom stereocenters. The molecule has 0 aliphatic carbocycles. The van der Waals surface area contributed by atoms with Crippen LogP contribution >= 0.6 is 0 Å². The Kier molecular flexibility index (Phi) is 7.00. The van der Waals surface area contributed by atoms with Gasteiger partial charge in [-0.3, -0.25) is 4.79 Å². The monoisotopic (exact) mass is 281 g/mol. The van der Waals surface area contributed by atoms with Gasteiger partial charge in [0.05, 0.1) is 5.76 Å². The molecule has 6 heteroatoms. The summed E-state index contributed by atoms with van der Waals surface area (Å²) in [5.74, 6) is -2.19. The Morgan fingerprint density at radius 1 is 1.45 bits per heavy atom. The Morgan fingerprint density at radius 2 is 2.00 bits per heavy atom. The summed E-state index contributed by atoms with van der Waals surface area (Å²) in [4.78, 5) is 11.7. The van der Waals surface area contributed by atoms with Crippen LogP contribution in [0.15, 0.2) is 48.2 Å². The summed E-state index contributed by atoms with van der Waals surface area (Å²) in [5.41, 5.74) is 0.584. The van der Waals surface area contributed by atoms with E-state index in [1.54, 1.807) is 13.0 Å². The summed E-state index contributed by atoms with van der Waals surface area (Å²) >= 11 is 0. The van der Waals surface area contributed by atoms with E-state index in [2.05, 4.69) is 18.4 Å². The lowest BCUT2D eigenvalue weighted by Crippen LogP contribution is -2.40. The van der Waals surface area contributed by atoms with Crippen molar-refractivity contribution in [1.82, 2.24) is 5.23 Å². The van der Waals surface area contributed by atoms with E-state index in [-0.39, 0.29) is 11.3 Å². The second-order valence-corrected chi connectivity index (χ2v) is 4.77. The van der Waals surface area contributed by atoms with Crippen LogP contribution in [0.1, 0.15) is 27.7 Å². The molecule has 0 heterocycles. The number of amides is 1. The van der Waals surface area contributed by atoms with Crippen molar-refractivity contribution in [3.05, 3.63) is 48.2 Å². The zero-order chi connectivity index (χ0) is 15.9. The van der Waals surface area contributed by atoms with E-state index < -0.39 is 18.8 Å². The summed E-state index contributed by atoms with van der Waals surface area (Å²) in [6.45, 7) is 12.7. The van der Waals surface area contributed by atoms with Gasteiger partial charge in [-0.25, -0.2) is 0 Å². The Bertz CT molecular complexity index is 450. The lowest BCUT2D eigenvalue weighted by molar-refractivity contribution is -0.116. The van der Waals surface area contributed by atoms with Crippen LogP contribution in [0, 0.1) is 0 Å². The standard InChI is InChI=1S/C14H21BFNO3/c1-7-8-11(3)15(19)17-13(18)10(2)9-12(4)20-14(5,6)16/h7-9,19H,1-2H2,3-6H3,(H,17,18)/b11-8+,12-9+. The number of ether oxygens (including phenoxy) is 1. The minimum Gasteiger partial charge on any atom is -0.463 e. The van der Waals surface area contributed by atoms with Gasteiger partial charge in [0.15, 0.2) is 0 Å². The predicted molar refractivity (Wildman–Crippen MR) is 79.2 cm³/mol. The highest BCUT2D eigenvalue weighted by Crippen LogP contribution is 2.16. The van der Waals surface area contributed by atoms with E-state index in [0.717, 1.165) is 0 Å². The molecule has 0 aliphatic rings. The Hall–Kier alpha value is -1.82. The van der Waals surface area contributed by atoms with Crippen LogP contribution in [0.2, 0.25) is 0 Å². The van der Waals surface area contributed by atoms with E-state index >= 15 is 0 Å². The fourth-order valence-electron chi connectivity index (χ4n) is 1.33. The molecule has 0 radical (unpaired) electrons. The Labute approximate surface area is 119 Å². The van der Waals surface area contributed by atoms with E-state index in [9.17, 15) is 14.2 Å². The van der Waals surface area contributed by atoms with Gasteiger partial charge in [-0.2, -0.15) is 4.39 Å². The van der Waals surface area contributed by atoms with Crippen molar-refractivity contribution in [2.45, 2.75) is 33.5 Å². The van der Waals surface area contributed by atoms with Crippen LogP contribution in [-0.4, -0.2) is 23.8 Å². The first kappa shape index (κ1) is 18.2. The first-order valence-corrected chi connectivity index (χ1v) is 6.10. The molecule has 0 aliphatic heterocycles. The molecule has 0 spiro atoms. The molecule has 0 atom stereocenters. The normalized spacial score (nSPS) is 12.7. The van der Waals surface area contributed by atoms with E-state index in [0.29, 0.717) is 5.47 Å². The van der Waals surface area contributed by atoms with Crippen molar-refractivity contribution in [2.75, 3.05) is 0 Å². The number of hydrogen-bond acceptors (Lipinski definition) is 3. The lowest BCUT2D eigenvalue weighted by atomic mass is 9.74. The first-order valence-electron chi connectivity index (χ1n) is 6.10. The number of nitrogens with one attached hydrogen (secondary N) is 1. The number of carbonyl (C=O) groups is 1. The summed E-state index contributed by atoms with van der Waals surface area (Å²) in [6, 6.07) is 0. The Morgan fingerprint density at radius 3 is 2.45 bits per heavy atom. The average Bonchev–Trinajstić information content (AvgIpc) is 2.26. The van der Waals surface area contributed by atoms with Crippen molar-refractivity contribution < 1.29 is 18.9 Å². The number of alkyl halides is 1. The van der Waals surface area contributed by atoms with Gasteiger partial charge in [-0.05, 0) is 19.9 Å². The van der Waals surface area contributed by atoms with E-state index in [1.165, 1.54) is 32.9 Å². The highest BCUT2D eigenvalue weighted by molar-refractivity contribution is 6.59. The SMILES string of the molecule is C=C/C=C(\C)B(O)NC(=O)C(=C)/C=C(\C)OC(C)(C)F. The molecule has 0 aromatic rings. The third-order valence-electron chi connectivity index (χ3n) is 2.15. The number of halogens is 1. The Balaban J connectivity index is 4.65. The molecule has 2 N–H and O–H groups in total. The number of carbonyl (C=O) groups excluding carboxylic acids is 1. The maximum absolute atomic E-state index is 13.2. The molecule has 0 rings (SSSR count). The minimum atomic E-state index is -1.83. The van der Waals surface area contributed by atoms with E-state index in [1.807, 2.05) is 0 Å². The topological polar surface area (TPSA) is 58.6 Å². The molecule has 20 heavy (non-hydrogen) atoms. The van der Waals surface area contributed by atoms with Gasteiger partial charge < -0.3 is 15.0 Å². The first-order chi connectivity index (χ1) is 9.06. The quantitative estimate of drug-likeness (QED) is 0.326. The number of hydrogen-bond donors (Lipinski definition) is 2. The van der Waals surface area contributed by atoms with Crippen LogP contribution in [0.3, 0.4) is 0 Å². The van der Waals surface area contributed by atoms with Gasteiger partial charge in [0.1, 0.15) is 0 Å². The maximum atomic E-state index is 13.2. The second-order valence-electron chi connectivity index (χ2n) is 4.77. The van der Waals surface area contributed by atoms with Gasteiger partial charge in [0.2, 0.25) is 11.8 Å². The van der Waals surface area contributed by atoms with Gasteiger partial charge in [-0.15, -0.1) is 0 Å². The van der Waals surface area contributed by atoms with Gasteiger partial charge in [0.25, 0.3) is 0 Å². The molecule has 0 fully saturated rings. The second kappa shape index (κ2) is 7.70. The van der Waals surface area contributed by atoms with Gasteiger partial charge in [0, 0.05) is 19.4 Å². The summed E-state index contributed by atoms with van der Waals surface area (Å²) in [6.07, 6.45) is 4.38. The average molecular weight is 281 g/mol. The fraction of sp³-hybridized carbons (Fsp3) is 0.357. The van der Waals surface area contributed by atoms with E-state index in [4.69, 9.17) is 4.74 Å². The molecule has 1 amide bonds. The van der Waals surface area contributed by atoms with Crippen LogP contribution in [0.5, 0.6) is 0 Å². The molecule has 0 aromatic carbocycles. The molecule has 0 saturated carbocycles. The van der Waals surface area contributed by atoms with Gasteiger partial charge >= 0.3 is 7.05 Å². The van der Waals surface area contributed by atoms with Crippen LogP contribution in [-0.2, 0) is 9.53 Å². The van der Waals surface area contributed by atoms with Crippen molar-refractivity contribution >= 4 is 13.0 Å². The maximum Gasteiger partial charge on any atom is 0.444 e. The summed E-state index contributed by atoms with van der Waals surface area (Å²) in [7, 11) is -1.13. The van der Waals surface area contributed by atoms with Crippen LogP contribution in [0.4, 0.5) is 4.39 Å².